The molecular formula is C16H17Br. The summed E-state index contributed by atoms with van der Waals surface area (Å²) in [7, 11) is 0. The van der Waals surface area contributed by atoms with E-state index in [2.05, 4.69) is 74.0 Å². The van der Waals surface area contributed by atoms with Gasteiger partial charge in [-0.25, -0.2) is 0 Å². The van der Waals surface area contributed by atoms with Crippen LogP contribution in [0.5, 0.6) is 0 Å². The van der Waals surface area contributed by atoms with Crippen molar-refractivity contribution in [3.63, 3.8) is 0 Å². The van der Waals surface area contributed by atoms with Crippen LogP contribution in [0.1, 0.15) is 22.3 Å². The quantitative estimate of drug-likeness (QED) is 0.664. The Morgan fingerprint density at radius 3 is 1.88 bits per heavy atom. The molecular weight excluding hydrogens is 272 g/mol. The summed E-state index contributed by atoms with van der Waals surface area (Å²) < 4.78 is 1.17. The molecule has 2 rings (SSSR count). The second kappa shape index (κ2) is 4.66. The highest BCUT2D eigenvalue weighted by Gasteiger charge is 2.09. The maximum atomic E-state index is 3.67. The van der Waals surface area contributed by atoms with Crippen molar-refractivity contribution in [2.24, 2.45) is 0 Å². The number of hydrogen-bond donors (Lipinski definition) is 0. The maximum absolute atomic E-state index is 3.67. The van der Waals surface area contributed by atoms with Crippen molar-refractivity contribution in [3.8, 4) is 11.1 Å². The van der Waals surface area contributed by atoms with Crippen LogP contribution in [0, 0.1) is 27.7 Å². The third kappa shape index (κ3) is 2.44. The molecule has 0 aliphatic heterocycles. The van der Waals surface area contributed by atoms with Crippen molar-refractivity contribution in [1.82, 2.24) is 0 Å². The lowest BCUT2D eigenvalue weighted by molar-refractivity contribution is 1.31. The molecule has 0 saturated carbocycles. The number of hydrogen-bond acceptors (Lipinski definition) is 0. The van der Waals surface area contributed by atoms with E-state index in [1.54, 1.807) is 0 Å². The van der Waals surface area contributed by atoms with E-state index >= 15 is 0 Å². The summed E-state index contributed by atoms with van der Waals surface area (Å²) in [6, 6.07) is 11.0. The highest BCUT2D eigenvalue weighted by Crippen LogP contribution is 2.34. The standard InChI is InChI=1S/C16H17Br/c1-10-5-6-14(15(17)9-10)16-12(3)7-11(2)8-13(16)4/h5-9H,1-4H3. The van der Waals surface area contributed by atoms with Crippen LogP contribution in [0.2, 0.25) is 0 Å². The van der Waals surface area contributed by atoms with Gasteiger partial charge in [0.25, 0.3) is 0 Å². The lowest BCUT2D eigenvalue weighted by Gasteiger charge is -2.13. The van der Waals surface area contributed by atoms with Crippen LogP contribution in [-0.4, -0.2) is 0 Å². The molecule has 0 aliphatic carbocycles. The molecule has 0 bridgehead atoms. The normalized spacial score (nSPS) is 10.6. The third-order valence-electron chi connectivity index (χ3n) is 3.07. The van der Waals surface area contributed by atoms with Crippen LogP contribution >= 0.6 is 15.9 Å². The molecule has 0 saturated heterocycles. The summed E-state index contributed by atoms with van der Waals surface area (Å²) in [4.78, 5) is 0. The van der Waals surface area contributed by atoms with Crippen LogP contribution in [-0.2, 0) is 0 Å². The van der Waals surface area contributed by atoms with Gasteiger partial charge in [-0.1, -0.05) is 45.8 Å². The predicted octanol–water partition coefficient (Wildman–Crippen LogP) is 5.35. The van der Waals surface area contributed by atoms with E-state index in [1.165, 1.54) is 37.9 Å². The molecule has 0 nitrogen and oxygen atoms in total. The molecule has 17 heavy (non-hydrogen) atoms. The fourth-order valence-corrected chi connectivity index (χ4v) is 3.12. The molecule has 0 spiro atoms. The van der Waals surface area contributed by atoms with Gasteiger partial charge in [0.2, 0.25) is 0 Å². The Bertz CT molecular complexity index is 545. The Morgan fingerprint density at radius 1 is 0.765 bits per heavy atom. The highest BCUT2D eigenvalue weighted by atomic mass is 79.9. The molecule has 2 aromatic rings. The van der Waals surface area contributed by atoms with Crippen LogP contribution in [0.3, 0.4) is 0 Å². The van der Waals surface area contributed by atoms with Gasteiger partial charge in [-0.05, 0) is 61.6 Å². The Balaban J connectivity index is 2.68. The first-order valence-electron chi connectivity index (χ1n) is 5.83. The topological polar surface area (TPSA) is 0 Å². The molecule has 0 radical (unpaired) electrons. The van der Waals surface area contributed by atoms with Gasteiger partial charge in [-0.2, -0.15) is 0 Å². The summed E-state index contributed by atoms with van der Waals surface area (Å²) >= 11 is 3.67. The van der Waals surface area contributed by atoms with Gasteiger partial charge < -0.3 is 0 Å². The van der Waals surface area contributed by atoms with Gasteiger partial charge in [0.1, 0.15) is 0 Å². The molecule has 88 valence electrons. The molecule has 0 heterocycles. The molecule has 1 heteroatoms. The first-order valence-corrected chi connectivity index (χ1v) is 6.62. The van der Waals surface area contributed by atoms with Crippen LogP contribution < -0.4 is 0 Å². The Morgan fingerprint density at radius 2 is 1.35 bits per heavy atom. The zero-order valence-corrected chi connectivity index (χ0v) is 12.4. The maximum Gasteiger partial charge on any atom is 0.0256 e. The summed E-state index contributed by atoms with van der Waals surface area (Å²) in [5.41, 5.74) is 7.92. The van der Waals surface area contributed by atoms with Crippen LogP contribution in [0.4, 0.5) is 0 Å². The first kappa shape index (κ1) is 12.4. The Hall–Kier alpha value is -1.08. The second-order valence-electron chi connectivity index (χ2n) is 4.76. The van der Waals surface area contributed by atoms with E-state index in [0.717, 1.165) is 0 Å². The average Bonchev–Trinajstić information content (AvgIpc) is 2.19. The van der Waals surface area contributed by atoms with E-state index in [4.69, 9.17) is 0 Å². The Kier molecular flexibility index (Phi) is 3.39. The summed E-state index contributed by atoms with van der Waals surface area (Å²) in [6.45, 7) is 8.63. The van der Waals surface area contributed by atoms with Crippen molar-refractivity contribution < 1.29 is 0 Å². The average molecular weight is 289 g/mol. The summed E-state index contributed by atoms with van der Waals surface area (Å²) in [6.07, 6.45) is 0. The molecule has 0 aliphatic rings. The molecule has 0 fully saturated rings. The van der Waals surface area contributed by atoms with E-state index < -0.39 is 0 Å². The molecule has 0 N–H and O–H groups in total. The van der Waals surface area contributed by atoms with Gasteiger partial charge in [0, 0.05) is 4.47 Å². The number of benzene rings is 2. The van der Waals surface area contributed by atoms with Gasteiger partial charge >= 0.3 is 0 Å². The van der Waals surface area contributed by atoms with Crippen molar-refractivity contribution in [2.45, 2.75) is 27.7 Å². The number of rotatable bonds is 1. The monoisotopic (exact) mass is 288 g/mol. The first-order chi connectivity index (χ1) is 7.99. The second-order valence-corrected chi connectivity index (χ2v) is 5.61. The van der Waals surface area contributed by atoms with Gasteiger partial charge in [0.15, 0.2) is 0 Å². The molecule has 0 aromatic heterocycles. The fourth-order valence-electron chi connectivity index (χ4n) is 2.43. The van der Waals surface area contributed by atoms with E-state index in [9.17, 15) is 0 Å². The molecule has 0 atom stereocenters. The smallest absolute Gasteiger partial charge is 0.0256 e. The SMILES string of the molecule is Cc1cc(C)c(-c2ccc(C)cc2Br)c(C)c1. The summed E-state index contributed by atoms with van der Waals surface area (Å²) in [5, 5.41) is 0. The van der Waals surface area contributed by atoms with Crippen LogP contribution in [0.25, 0.3) is 11.1 Å². The molecule has 2 aromatic carbocycles. The van der Waals surface area contributed by atoms with Crippen molar-refractivity contribution >= 4 is 15.9 Å². The number of halogens is 1. The van der Waals surface area contributed by atoms with Gasteiger partial charge in [0.05, 0.1) is 0 Å². The minimum Gasteiger partial charge on any atom is -0.0586 e. The zero-order chi connectivity index (χ0) is 12.6. The van der Waals surface area contributed by atoms with E-state index in [-0.39, 0.29) is 0 Å². The Labute approximate surface area is 112 Å². The van der Waals surface area contributed by atoms with Gasteiger partial charge in [-0.15, -0.1) is 0 Å². The predicted molar refractivity (Wildman–Crippen MR) is 78.5 cm³/mol. The molecule has 0 amide bonds. The van der Waals surface area contributed by atoms with Crippen molar-refractivity contribution in [3.05, 3.63) is 57.1 Å². The van der Waals surface area contributed by atoms with Crippen molar-refractivity contribution in [2.75, 3.05) is 0 Å². The minimum absolute atomic E-state index is 1.17. The highest BCUT2D eigenvalue weighted by molar-refractivity contribution is 9.10. The third-order valence-corrected chi connectivity index (χ3v) is 3.73. The lowest BCUT2D eigenvalue weighted by atomic mass is 9.93. The molecule has 0 unspecified atom stereocenters. The lowest BCUT2D eigenvalue weighted by Crippen LogP contribution is -1.91. The largest absolute Gasteiger partial charge is 0.0586 e. The fraction of sp³-hybridized carbons (Fsp3) is 0.250. The van der Waals surface area contributed by atoms with Crippen LogP contribution in [0.15, 0.2) is 34.8 Å². The van der Waals surface area contributed by atoms with Crippen molar-refractivity contribution in [1.29, 1.82) is 0 Å². The summed E-state index contributed by atoms with van der Waals surface area (Å²) in [5.74, 6) is 0. The van der Waals surface area contributed by atoms with E-state index in [1.807, 2.05) is 0 Å². The zero-order valence-electron chi connectivity index (χ0n) is 10.8. The minimum atomic E-state index is 1.17. The number of aryl methyl sites for hydroxylation is 4. The van der Waals surface area contributed by atoms with Gasteiger partial charge in [-0.3, -0.25) is 0 Å². The van der Waals surface area contributed by atoms with E-state index in [0.29, 0.717) is 0 Å².